The van der Waals surface area contributed by atoms with Crippen molar-refractivity contribution in [2.75, 3.05) is 5.73 Å². The molecule has 1 atom stereocenters. The lowest BCUT2D eigenvalue weighted by Crippen LogP contribution is -2.33. The van der Waals surface area contributed by atoms with Crippen LogP contribution in [0.25, 0.3) is 11.2 Å². The van der Waals surface area contributed by atoms with Gasteiger partial charge in [-0.3, -0.25) is 0 Å². The van der Waals surface area contributed by atoms with Crippen molar-refractivity contribution in [1.82, 2.24) is 25.0 Å². The Kier molecular flexibility index (Phi) is 2.45. The van der Waals surface area contributed by atoms with Crippen molar-refractivity contribution in [3.05, 3.63) is 18.0 Å². The van der Waals surface area contributed by atoms with Gasteiger partial charge in [-0.05, 0) is 12.8 Å². The number of aromatic nitrogens is 5. The van der Waals surface area contributed by atoms with Gasteiger partial charge in [0, 0.05) is 12.0 Å². The monoisotopic (exact) mass is 268 g/mol. The number of nitrogens with zero attached hydrogens (tertiary/aromatic N) is 5. The number of hydrogen-bond donors (Lipinski definition) is 2. The summed E-state index contributed by atoms with van der Waals surface area (Å²) in [6.45, 7) is 0. The van der Waals surface area contributed by atoms with Crippen molar-refractivity contribution >= 4 is 17.0 Å². The SMILES string of the molecule is Nc1ncnc2c1nnn2C1(O)CCCC1=C(F)F. The van der Waals surface area contributed by atoms with Crippen LogP contribution < -0.4 is 5.73 Å². The zero-order valence-electron chi connectivity index (χ0n) is 9.72. The summed E-state index contributed by atoms with van der Waals surface area (Å²) < 4.78 is 26.8. The minimum Gasteiger partial charge on any atom is -0.382 e. The van der Waals surface area contributed by atoms with Crippen LogP contribution in [0.1, 0.15) is 19.3 Å². The van der Waals surface area contributed by atoms with Crippen molar-refractivity contribution in [2.45, 2.75) is 25.0 Å². The quantitative estimate of drug-likeness (QED) is 0.792. The molecule has 9 heteroatoms. The van der Waals surface area contributed by atoms with E-state index in [4.69, 9.17) is 5.73 Å². The average Bonchev–Trinajstić information content (AvgIpc) is 2.94. The minimum atomic E-state index is -1.90. The van der Waals surface area contributed by atoms with Crippen molar-refractivity contribution in [2.24, 2.45) is 0 Å². The Balaban J connectivity index is 2.25. The molecule has 19 heavy (non-hydrogen) atoms. The normalized spacial score (nSPS) is 23.2. The maximum Gasteiger partial charge on any atom is 0.274 e. The third kappa shape index (κ3) is 1.58. The number of rotatable bonds is 1. The number of fused-ring (bicyclic) bond motifs is 1. The van der Waals surface area contributed by atoms with E-state index in [9.17, 15) is 13.9 Å². The summed E-state index contributed by atoms with van der Waals surface area (Å²) in [5.74, 6) is 0.0871. The van der Waals surface area contributed by atoms with Gasteiger partial charge in [0.25, 0.3) is 6.08 Å². The predicted octanol–water partition coefficient (Wildman–Crippen LogP) is 0.783. The first-order valence-corrected chi connectivity index (χ1v) is 5.63. The summed E-state index contributed by atoms with van der Waals surface area (Å²) in [7, 11) is 0. The smallest absolute Gasteiger partial charge is 0.274 e. The highest BCUT2D eigenvalue weighted by Gasteiger charge is 2.43. The van der Waals surface area contributed by atoms with Gasteiger partial charge in [0.2, 0.25) is 0 Å². The van der Waals surface area contributed by atoms with Crippen molar-refractivity contribution in [3.8, 4) is 0 Å². The van der Waals surface area contributed by atoms with Crippen LogP contribution in [0.4, 0.5) is 14.6 Å². The van der Waals surface area contributed by atoms with Gasteiger partial charge in [0.1, 0.15) is 6.33 Å². The van der Waals surface area contributed by atoms with Crippen LogP contribution in [-0.2, 0) is 5.72 Å². The molecule has 2 aromatic rings. The van der Waals surface area contributed by atoms with Crippen LogP contribution in [0.5, 0.6) is 0 Å². The van der Waals surface area contributed by atoms with Crippen molar-refractivity contribution < 1.29 is 13.9 Å². The van der Waals surface area contributed by atoms with E-state index in [1.54, 1.807) is 0 Å². The second kappa shape index (κ2) is 3.92. The first kappa shape index (κ1) is 11.9. The third-order valence-electron chi connectivity index (χ3n) is 3.28. The Bertz CT molecular complexity index is 680. The van der Waals surface area contributed by atoms with Gasteiger partial charge in [0.15, 0.2) is 22.7 Å². The fourth-order valence-corrected chi connectivity index (χ4v) is 2.36. The highest BCUT2D eigenvalue weighted by atomic mass is 19.3. The number of nitrogen functional groups attached to an aromatic ring is 1. The largest absolute Gasteiger partial charge is 0.382 e. The molecule has 1 fully saturated rings. The second-order valence-corrected chi connectivity index (χ2v) is 4.34. The van der Waals surface area contributed by atoms with Gasteiger partial charge in [-0.1, -0.05) is 5.21 Å². The predicted molar refractivity (Wildman–Crippen MR) is 60.8 cm³/mol. The lowest BCUT2D eigenvalue weighted by atomic mass is 10.1. The lowest BCUT2D eigenvalue weighted by molar-refractivity contribution is -0.00660. The molecule has 0 radical (unpaired) electrons. The van der Waals surface area contributed by atoms with E-state index >= 15 is 0 Å². The first-order chi connectivity index (χ1) is 9.04. The third-order valence-corrected chi connectivity index (χ3v) is 3.28. The van der Waals surface area contributed by atoms with Crippen LogP contribution >= 0.6 is 0 Å². The number of nitrogens with two attached hydrogens (primary N) is 1. The molecule has 3 rings (SSSR count). The fraction of sp³-hybridized carbons (Fsp3) is 0.400. The number of hydrogen-bond acceptors (Lipinski definition) is 6. The fourth-order valence-electron chi connectivity index (χ4n) is 2.36. The molecule has 100 valence electrons. The summed E-state index contributed by atoms with van der Waals surface area (Å²) in [5.41, 5.74) is 3.67. The lowest BCUT2D eigenvalue weighted by Gasteiger charge is -2.23. The molecular weight excluding hydrogens is 258 g/mol. The number of aliphatic hydroxyl groups is 1. The zero-order valence-corrected chi connectivity index (χ0v) is 9.72. The molecule has 1 aliphatic rings. The van der Waals surface area contributed by atoms with E-state index in [1.165, 1.54) is 6.33 Å². The Labute approximate surface area is 105 Å². The Morgan fingerprint density at radius 1 is 1.42 bits per heavy atom. The van der Waals surface area contributed by atoms with Gasteiger partial charge in [-0.2, -0.15) is 13.5 Å². The van der Waals surface area contributed by atoms with Crippen LogP contribution in [0.15, 0.2) is 18.0 Å². The maximum atomic E-state index is 12.9. The van der Waals surface area contributed by atoms with E-state index in [1.807, 2.05) is 0 Å². The van der Waals surface area contributed by atoms with E-state index in [2.05, 4.69) is 20.3 Å². The first-order valence-electron chi connectivity index (χ1n) is 5.63. The molecule has 0 aromatic carbocycles. The molecule has 0 bridgehead atoms. The molecular formula is C10H10F2N6O. The van der Waals surface area contributed by atoms with Crippen LogP contribution in [0.3, 0.4) is 0 Å². The molecule has 3 N–H and O–H groups in total. The van der Waals surface area contributed by atoms with Crippen LogP contribution in [0.2, 0.25) is 0 Å². The highest BCUT2D eigenvalue weighted by molar-refractivity contribution is 5.80. The molecule has 1 unspecified atom stereocenters. The van der Waals surface area contributed by atoms with Gasteiger partial charge >= 0.3 is 0 Å². The highest BCUT2D eigenvalue weighted by Crippen LogP contribution is 2.42. The van der Waals surface area contributed by atoms with Gasteiger partial charge < -0.3 is 10.8 Å². The zero-order chi connectivity index (χ0) is 13.6. The van der Waals surface area contributed by atoms with Gasteiger partial charge in [-0.25, -0.2) is 9.97 Å². The summed E-state index contributed by atoms with van der Waals surface area (Å²) in [6, 6.07) is 0. The minimum absolute atomic E-state index is 0.0871. The van der Waals surface area contributed by atoms with E-state index in [-0.39, 0.29) is 35.4 Å². The van der Waals surface area contributed by atoms with Crippen LogP contribution in [-0.4, -0.2) is 30.1 Å². The number of halogens is 2. The molecule has 2 aromatic heterocycles. The summed E-state index contributed by atoms with van der Waals surface area (Å²) >= 11 is 0. The number of anilines is 1. The van der Waals surface area contributed by atoms with Crippen LogP contribution in [0, 0.1) is 0 Å². The molecule has 0 aliphatic heterocycles. The standard InChI is InChI=1S/C10H10F2N6O/c11-7(12)5-2-1-3-10(5,19)18-9-6(16-17-18)8(13)14-4-15-9/h4,19H,1-3H2,(H2,13,14,15). The molecule has 2 heterocycles. The molecule has 1 aliphatic carbocycles. The van der Waals surface area contributed by atoms with Gasteiger partial charge in [0.05, 0.1) is 0 Å². The van der Waals surface area contributed by atoms with E-state index in [0.717, 1.165) is 4.68 Å². The molecule has 0 amide bonds. The van der Waals surface area contributed by atoms with E-state index in [0.29, 0.717) is 6.42 Å². The Morgan fingerprint density at radius 3 is 2.95 bits per heavy atom. The molecule has 1 saturated carbocycles. The average molecular weight is 268 g/mol. The molecule has 0 saturated heterocycles. The van der Waals surface area contributed by atoms with Crippen molar-refractivity contribution in [3.63, 3.8) is 0 Å². The summed E-state index contributed by atoms with van der Waals surface area (Å²) in [6.07, 6.45) is -0.0514. The Morgan fingerprint density at radius 2 is 2.21 bits per heavy atom. The Hall–Kier alpha value is -2.16. The molecule has 7 nitrogen and oxygen atoms in total. The summed E-state index contributed by atoms with van der Waals surface area (Å²) in [5, 5.41) is 17.9. The van der Waals surface area contributed by atoms with E-state index < -0.39 is 11.8 Å². The maximum absolute atomic E-state index is 12.9. The topological polar surface area (TPSA) is 103 Å². The second-order valence-electron chi connectivity index (χ2n) is 4.34. The van der Waals surface area contributed by atoms with Gasteiger partial charge in [-0.15, -0.1) is 5.10 Å². The molecule has 0 spiro atoms. The van der Waals surface area contributed by atoms with Crippen molar-refractivity contribution in [1.29, 1.82) is 0 Å². The summed E-state index contributed by atoms with van der Waals surface area (Å²) in [4.78, 5) is 7.64.